The molecule has 0 heterocycles. The fourth-order valence-corrected chi connectivity index (χ4v) is 1.77. The van der Waals surface area contributed by atoms with Crippen molar-refractivity contribution in [3.05, 3.63) is 17.7 Å². The minimum Gasteiger partial charge on any atom is -0.493 e. The lowest BCUT2D eigenvalue weighted by molar-refractivity contribution is -0.116. The molecule has 0 spiro atoms. The largest absolute Gasteiger partial charge is 0.493 e. The molecule has 0 radical (unpaired) electrons. The Balaban J connectivity index is 3.00. The first-order valence-corrected chi connectivity index (χ1v) is 6.31. The number of methoxy groups -OCH3 is 3. The zero-order valence-corrected chi connectivity index (χ0v) is 12.3. The number of carbonyl (C=O) groups is 2. The van der Waals surface area contributed by atoms with Crippen molar-refractivity contribution in [3.63, 3.8) is 0 Å². The number of aromatic carboxylic acids is 1. The van der Waals surface area contributed by atoms with E-state index < -0.39 is 5.97 Å². The molecule has 0 saturated carbocycles. The van der Waals surface area contributed by atoms with Crippen molar-refractivity contribution in [1.82, 2.24) is 0 Å². The summed E-state index contributed by atoms with van der Waals surface area (Å²) in [6.07, 6.45) is 0.830. The molecule has 0 unspecified atom stereocenters. The standard InChI is InChI=1S/C14H19NO6/c1-19-6-4-5-12(16)15-10-7-9(14(17)18)8-11(20-2)13(10)21-3/h7-8H,4-6H2,1-3H3,(H,15,16)(H,17,18). The van der Waals surface area contributed by atoms with Crippen LogP contribution in [0, 0.1) is 0 Å². The van der Waals surface area contributed by atoms with Crippen molar-refractivity contribution in [2.24, 2.45) is 0 Å². The van der Waals surface area contributed by atoms with Crippen molar-refractivity contribution in [2.75, 3.05) is 33.3 Å². The molecular weight excluding hydrogens is 278 g/mol. The molecule has 21 heavy (non-hydrogen) atoms. The number of carboxylic acid groups (broad SMARTS) is 1. The Morgan fingerprint density at radius 2 is 1.90 bits per heavy atom. The van der Waals surface area contributed by atoms with Crippen LogP contribution in [0.15, 0.2) is 12.1 Å². The van der Waals surface area contributed by atoms with Gasteiger partial charge in [-0.15, -0.1) is 0 Å². The van der Waals surface area contributed by atoms with Crippen molar-refractivity contribution in [3.8, 4) is 11.5 Å². The van der Waals surface area contributed by atoms with Gasteiger partial charge in [0.25, 0.3) is 0 Å². The number of carbonyl (C=O) groups excluding carboxylic acids is 1. The molecule has 7 nitrogen and oxygen atoms in total. The summed E-state index contributed by atoms with van der Waals surface area (Å²) in [6, 6.07) is 2.67. The molecule has 116 valence electrons. The molecule has 0 saturated heterocycles. The van der Waals surface area contributed by atoms with E-state index in [0.717, 1.165) is 0 Å². The van der Waals surface area contributed by atoms with Gasteiger partial charge in [-0.05, 0) is 18.6 Å². The van der Waals surface area contributed by atoms with Crippen LogP contribution in [0.3, 0.4) is 0 Å². The lowest BCUT2D eigenvalue weighted by atomic mass is 10.1. The third-order valence-electron chi connectivity index (χ3n) is 2.75. The second-order valence-electron chi connectivity index (χ2n) is 4.21. The summed E-state index contributed by atoms with van der Waals surface area (Å²) in [4.78, 5) is 22.9. The van der Waals surface area contributed by atoms with E-state index in [1.165, 1.54) is 26.4 Å². The molecule has 2 N–H and O–H groups in total. The second kappa shape index (κ2) is 8.11. The fraction of sp³-hybridized carbons (Fsp3) is 0.429. The van der Waals surface area contributed by atoms with Crippen LogP contribution in [0.25, 0.3) is 0 Å². The molecule has 1 aromatic rings. The number of amides is 1. The normalized spacial score (nSPS) is 10.0. The van der Waals surface area contributed by atoms with Gasteiger partial charge in [0.2, 0.25) is 5.91 Å². The molecule has 0 aliphatic rings. The zero-order valence-electron chi connectivity index (χ0n) is 12.3. The number of benzene rings is 1. The van der Waals surface area contributed by atoms with E-state index in [4.69, 9.17) is 19.3 Å². The Kier molecular flexibility index (Phi) is 6.48. The molecule has 1 rings (SSSR count). The monoisotopic (exact) mass is 297 g/mol. The molecule has 0 fully saturated rings. The Morgan fingerprint density at radius 3 is 2.43 bits per heavy atom. The van der Waals surface area contributed by atoms with E-state index in [2.05, 4.69) is 5.32 Å². The highest BCUT2D eigenvalue weighted by Gasteiger charge is 2.17. The number of hydrogen-bond donors (Lipinski definition) is 2. The maximum atomic E-state index is 11.8. The third kappa shape index (κ3) is 4.64. The van der Waals surface area contributed by atoms with Crippen molar-refractivity contribution < 1.29 is 28.9 Å². The van der Waals surface area contributed by atoms with Crippen LogP contribution in [0.5, 0.6) is 11.5 Å². The van der Waals surface area contributed by atoms with Gasteiger partial charge in [0.15, 0.2) is 11.5 Å². The number of rotatable bonds is 8. The quantitative estimate of drug-likeness (QED) is 0.710. The summed E-state index contributed by atoms with van der Waals surface area (Å²) >= 11 is 0. The van der Waals surface area contributed by atoms with E-state index in [0.29, 0.717) is 13.0 Å². The second-order valence-corrected chi connectivity index (χ2v) is 4.21. The molecule has 0 bridgehead atoms. The van der Waals surface area contributed by atoms with Crippen molar-refractivity contribution in [2.45, 2.75) is 12.8 Å². The number of ether oxygens (including phenoxy) is 3. The van der Waals surface area contributed by atoms with E-state index in [1.54, 1.807) is 7.11 Å². The van der Waals surface area contributed by atoms with Gasteiger partial charge in [0, 0.05) is 20.1 Å². The van der Waals surface area contributed by atoms with Gasteiger partial charge in [0.1, 0.15) is 0 Å². The van der Waals surface area contributed by atoms with Crippen LogP contribution >= 0.6 is 0 Å². The summed E-state index contributed by atoms with van der Waals surface area (Å²) in [6.45, 7) is 0.475. The number of anilines is 1. The molecule has 0 aliphatic heterocycles. The van der Waals surface area contributed by atoms with Gasteiger partial charge in [-0.3, -0.25) is 4.79 Å². The Labute approximate surface area is 122 Å². The van der Waals surface area contributed by atoms with Gasteiger partial charge in [-0.25, -0.2) is 4.79 Å². The molecule has 1 amide bonds. The SMILES string of the molecule is COCCCC(=O)Nc1cc(C(=O)O)cc(OC)c1OC. The average Bonchev–Trinajstić information content (AvgIpc) is 2.46. The third-order valence-corrected chi connectivity index (χ3v) is 2.75. The Hall–Kier alpha value is -2.28. The Bertz CT molecular complexity index is 514. The minimum atomic E-state index is -1.12. The lowest BCUT2D eigenvalue weighted by Crippen LogP contribution is -2.14. The number of nitrogens with one attached hydrogen (secondary N) is 1. The Morgan fingerprint density at radius 1 is 1.19 bits per heavy atom. The predicted octanol–water partition coefficient (Wildman–Crippen LogP) is 1.77. The highest BCUT2D eigenvalue weighted by Crippen LogP contribution is 2.36. The first-order valence-electron chi connectivity index (χ1n) is 6.31. The number of carboxylic acids is 1. The van der Waals surface area contributed by atoms with Gasteiger partial charge in [-0.2, -0.15) is 0 Å². The van der Waals surface area contributed by atoms with Crippen LogP contribution < -0.4 is 14.8 Å². The summed E-state index contributed by atoms with van der Waals surface area (Å²) in [5.41, 5.74) is 0.261. The van der Waals surface area contributed by atoms with Crippen LogP contribution in [0.4, 0.5) is 5.69 Å². The smallest absolute Gasteiger partial charge is 0.335 e. The molecule has 0 atom stereocenters. The molecule has 1 aromatic carbocycles. The van der Waals surface area contributed by atoms with Crippen LogP contribution in [0.1, 0.15) is 23.2 Å². The van der Waals surface area contributed by atoms with E-state index in [1.807, 2.05) is 0 Å². The summed E-state index contributed by atoms with van der Waals surface area (Å²) in [5.74, 6) is -0.854. The van der Waals surface area contributed by atoms with Gasteiger partial charge >= 0.3 is 5.97 Å². The fourth-order valence-electron chi connectivity index (χ4n) is 1.77. The highest BCUT2D eigenvalue weighted by molar-refractivity contribution is 5.96. The molecule has 0 aromatic heterocycles. The van der Waals surface area contributed by atoms with E-state index in [-0.39, 0.29) is 35.1 Å². The van der Waals surface area contributed by atoms with Gasteiger partial charge in [0.05, 0.1) is 25.5 Å². The first kappa shape index (κ1) is 16.8. The summed E-state index contributed by atoms with van der Waals surface area (Å²) in [5, 5.41) is 11.7. The zero-order chi connectivity index (χ0) is 15.8. The molecule has 0 aliphatic carbocycles. The van der Waals surface area contributed by atoms with E-state index >= 15 is 0 Å². The van der Waals surface area contributed by atoms with Crippen molar-refractivity contribution in [1.29, 1.82) is 0 Å². The average molecular weight is 297 g/mol. The van der Waals surface area contributed by atoms with Crippen LogP contribution in [-0.2, 0) is 9.53 Å². The van der Waals surface area contributed by atoms with Crippen LogP contribution in [-0.4, -0.2) is 44.9 Å². The summed E-state index contributed by atoms with van der Waals surface area (Å²) in [7, 11) is 4.37. The predicted molar refractivity (Wildman–Crippen MR) is 76.2 cm³/mol. The molecule has 7 heteroatoms. The number of hydrogen-bond acceptors (Lipinski definition) is 5. The van der Waals surface area contributed by atoms with Gasteiger partial charge < -0.3 is 24.6 Å². The van der Waals surface area contributed by atoms with Crippen molar-refractivity contribution >= 4 is 17.6 Å². The van der Waals surface area contributed by atoms with E-state index in [9.17, 15) is 9.59 Å². The minimum absolute atomic E-state index is 0.000147. The summed E-state index contributed by atoms with van der Waals surface area (Å²) < 4.78 is 15.1. The first-order chi connectivity index (χ1) is 10.0. The van der Waals surface area contributed by atoms with Crippen LogP contribution in [0.2, 0.25) is 0 Å². The topological polar surface area (TPSA) is 94.1 Å². The molecular formula is C14H19NO6. The lowest BCUT2D eigenvalue weighted by Gasteiger charge is -2.14. The maximum Gasteiger partial charge on any atom is 0.335 e. The highest BCUT2D eigenvalue weighted by atomic mass is 16.5. The van der Waals surface area contributed by atoms with Gasteiger partial charge in [-0.1, -0.05) is 0 Å². The maximum absolute atomic E-state index is 11.8.